The first-order chi connectivity index (χ1) is 23.5. The third-order valence-electron chi connectivity index (χ3n) is 9.17. The van der Waals surface area contributed by atoms with Gasteiger partial charge in [0.15, 0.2) is 4.96 Å². The maximum atomic E-state index is 5.83. The number of nitrogens with zero attached hydrogens (tertiary/aromatic N) is 7. The van der Waals surface area contributed by atoms with Crippen molar-refractivity contribution in [1.82, 2.24) is 34.2 Å². The van der Waals surface area contributed by atoms with E-state index in [2.05, 4.69) is 104 Å². The van der Waals surface area contributed by atoms with Crippen LogP contribution in [0.3, 0.4) is 0 Å². The lowest BCUT2D eigenvalue weighted by Gasteiger charge is -2.36. The summed E-state index contributed by atoms with van der Waals surface area (Å²) < 4.78 is 7.93. The maximum absolute atomic E-state index is 5.83. The molecule has 1 aliphatic rings. The van der Waals surface area contributed by atoms with Crippen LogP contribution in [0.1, 0.15) is 24.2 Å². The monoisotopic (exact) mass is 655 g/mol. The number of aromatic amines is 1. The molecule has 0 amide bonds. The number of hydrogen-bond acceptors (Lipinski definition) is 9. The molecule has 1 fully saturated rings. The summed E-state index contributed by atoms with van der Waals surface area (Å²) in [6.07, 6.45) is 6.86. The van der Waals surface area contributed by atoms with Crippen molar-refractivity contribution in [2.45, 2.75) is 25.3 Å². The van der Waals surface area contributed by atoms with Crippen molar-refractivity contribution >= 4 is 44.7 Å². The summed E-state index contributed by atoms with van der Waals surface area (Å²) in [5.41, 5.74) is 8.61. The minimum Gasteiger partial charge on any atom is -0.494 e. The number of methoxy groups -OCH3 is 1. The first-order valence-electron chi connectivity index (χ1n) is 16.2. The summed E-state index contributed by atoms with van der Waals surface area (Å²) in [5, 5.41) is 5.45. The minimum absolute atomic E-state index is 0.482. The Bertz CT molecular complexity index is 2200. The first-order valence-corrected chi connectivity index (χ1v) is 17.1. The van der Waals surface area contributed by atoms with Crippen LogP contribution in [0.5, 0.6) is 5.75 Å². The smallest absolute Gasteiger partial charge is 0.227 e. The number of benzene rings is 3. The maximum Gasteiger partial charge on any atom is 0.227 e. The van der Waals surface area contributed by atoms with Gasteiger partial charge in [0.2, 0.25) is 5.95 Å². The number of rotatable bonds is 9. The number of imidazole rings is 2. The van der Waals surface area contributed by atoms with Crippen LogP contribution < -0.4 is 15.0 Å². The van der Waals surface area contributed by atoms with E-state index in [0.29, 0.717) is 12.0 Å². The molecule has 0 unspecified atom stereocenters. The molecule has 1 saturated heterocycles. The molecule has 5 heterocycles. The molecular formula is C37H37N9OS. The largest absolute Gasteiger partial charge is 0.494 e. The van der Waals surface area contributed by atoms with E-state index in [4.69, 9.17) is 19.7 Å². The number of aromatic nitrogens is 6. The van der Waals surface area contributed by atoms with Crippen LogP contribution in [0.4, 0.5) is 17.3 Å². The van der Waals surface area contributed by atoms with Gasteiger partial charge in [-0.2, -0.15) is 0 Å². The Hall–Kier alpha value is -5.26. The van der Waals surface area contributed by atoms with Crippen molar-refractivity contribution in [2.24, 2.45) is 0 Å². The molecule has 4 aromatic heterocycles. The van der Waals surface area contributed by atoms with E-state index in [1.165, 1.54) is 5.56 Å². The van der Waals surface area contributed by atoms with Crippen molar-refractivity contribution < 1.29 is 4.74 Å². The van der Waals surface area contributed by atoms with Crippen LogP contribution in [0.2, 0.25) is 0 Å². The van der Waals surface area contributed by atoms with Crippen LogP contribution in [0.25, 0.3) is 38.6 Å². The molecule has 11 heteroatoms. The summed E-state index contributed by atoms with van der Waals surface area (Å²) in [4.78, 5) is 28.6. The van der Waals surface area contributed by atoms with Crippen molar-refractivity contribution in [3.05, 3.63) is 102 Å². The molecule has 0 saturated carbocycles. The van der Waals surface area contributed by atoms with Gasteiger partial charge in [-0.1, -0.05) is 36.4 Å². The minimum atomic E-state index is 0.482. The van der Waals surface area contributed by atoms with Gasteiger partial charge in [-0.05, 0) is 62.8 Å². The number of piperidine rings is 1. The molecular weight excluding hydrogens is 619 g/mol. The fourth-order valence-electron chi connectivity index (χ4n) is 6.61. The fraction of sp³-hybridized carbons (Fsp3) is 0.243. The van der Waals surface area contributed by atoms with E-state index in [0.717, 1.165) is 93.9 Å². The quantitative estimate of drug-likeness (QED) is 0.168. The highest BCUT2D eigenvalue weighted by Crippen LogP contribution is 2.36. The van der Waals surface area contributed by atoms with Gasteiger partial charge >= 0.3 is 0 Å². The average molecular weight is 656 g/mol. The highest BCUT2D eigenvalue weighted by molar-refractivity contribution is 7.15. The SMILES string of the molecule is COc1cc(N2CCC(N(C)C)CC2)ccc1Nc1nccc(-c2c(-c3ccc4nc(Cc5ccccc5)[nH]c4c3)nc3sccn23)n1. The lowest BCUT2D eigenvalue weighted by molar-refractivity contribution is 0.249. The zero-order chi connectivity index (χ0) is 32.6. The highest BCUT2D eigenvalue weighted by Gasteiger charge is 2.23. The molecule has 3 aromatic carbocycles. The van der Waals surface area contributed by atoms with Gasteiger partial charge in [0.1, 0.15) is 17.3 Å². The average Bonchev–Trinajstić information content (AvgIpc) is 3.83. The van der Waals surface area contributed by atoms with E-state index >= 15 is 0 Å². The Morgan fingerprint density at radius 3 is 2.65 bits per heavy atom. The van der Waals surface area contributed by atoms with Gasteiger partial charge in [0.05, 0.1) is 35.2 Å². The zero-order valence-electron chi connectivity index (χ0n) is 27.2. The number of thiazole rings is 1. The van der Waals surface area contributed by atoms with Crippen molar-refractivity contribution in [3.63, 3.8) is 0 Å². The number of H-pyrrole nitrogens is 1. The summed E-state index contributed by atoms with van der Waals surface area (Å²) in [6.45, 7) is 2.05. The molecule has 2 N–H and O–H groups in total. The summed E-state index contributed by atoms with van der Waals surface area (Å²) in [7, 11) is 6.03. The second-order valence-corrected chi connectivity index (χ2v) is 13.3. The van der Waals surface area contributed by atoms with Crippen molar-refractivity contribution in [1.29, 1.82) is 0 Å². The third-order valence-corrected chi connectivity index (χ3v) is 9.93. The van der Waals surface area contributed by atoms with Gasteiger partial charge in [0.25, 0.3) is 0 Å². The predicted octanol–water partition coefficient (Wildman–Crippen LogP) is 7.27. The van der Waals surface area contributed by atoms with E-state index < -0.39 is 0 Å². The Balaban J connectivity index is 1.08. The molecule has 1 aliphatic heterocycles. The molecule has 0 atom stereocenters. The number of anilines is 3. The molecule has 242 valence electrons. The van der Waals surface area contributed by atoms with Crippen molar-refractivity contribution in [2.75, 3.05) is 44.5 Å². The summed E-state index contributed by atoms with van der Waals surface area (Å²) in [6, 6.07) is 25.5. The second-order valence-electron chi connectivity index (χ2n) is 12.4. The summed E-state index contributed by atoms with van der Waals surface area (Å²) >= 11 is 1.60. The molecule has 48 heavy (non-hydrogen) atoms. The van der Waals surface area contributed by atoms with Crippen LogP contribution in [0, 0.1) is 0 Å². The second kappa shape index (κ2) is 12.7. The molecule has 7 aromatic rings. The normalized spacial score (nSPS) is 14.0. The van der Waals surface area contributed by atoms with E-state index in [-0.39, 0.29) is 0 Å². The summed E-state index contributed by atoms with van der Waals surface area (Å²) in [5.74, 6) is 2.17. The van der Waals surface area contributed by atoms with Gasteiger partial charge in [-0.3, -0.25) is 4.40 Å². The zero-order valence-corrected chi connectivity index (χ0v) is 28.0. The van der Waals surface area contributed by atoms with Gasteiger partial charge in [-0.25, -0.2) is 19.9 Å². The predicted molar refractivity (Wildman–Crippen MR) is 194 cm³/mol. The van der Waals surface area contributed by atoms with Gasteiger partial charge in [0, 0.05) is 60.6 Å². The third kappa shape index (κ3) is 5.86. The molecule has 8 rings (SSSR count). The van der Waals surface area contributed by atoms with Crippen LogP contribution >= 0.6 is 11.3 Å². The molecule has 0 radical (unpaired) electrons. The van der Waals surface area contributed by atoms with Crippen LogP contribution in [0.15, 0.2) is 90.6 Å². The van der Waals surface area contributed by atoms with Gasteiger partial charge in [-0.15, -0.1) is 11.3 Å². The topological polar surface area (TPSA) is 99.5 Å². The van der Waals surface area contributed by atoms with Gasteiger partial charge < -0.3 is 24.8 Å². The van der Waals surface area contributed by atoms with E-state index in [1.54, 1.807) is 24.6 Å². The standard InChI is InChI=1S/C37H37N9OS/c1-44(2)26-14-17-45(18-15-26)27-10-12-29(32(23-27)47-3)41-36-38-16-13-30(42-36)35-34(43-37-46(35)19-20-48-37)25-9-11-28-31(22-25)40-33(39-28)21-24-7-5-4-6-8-24/h4-13,16,19-20,22-23,26H,14-15,17-18,21H2,1-3H3,(H,39,40)(H,38,41,42). The molecule has 10 nitrogen and oxygen atoms in total. The Labute approximate surface area is 283 Å². The number of fused-ring (bicyclic) bond motifs is 2. The van der Waals surface area contributed by atoms with Crippen LogP contribution in [-0.2, 0) is 6.42 Å². The lowest BCUT2D eigenvalue weighted by Crippen LogP contribution is -2.41. The number of hydrogen-bond donors (Lipinski definition) is 2. The fourth-order valence-corrected chi connectivity index (χ4v) is 7.32. The molecule has 0 aliphatic carbocycles. The number of nitrogens with one attached hydrogen (secondary N) is 2. The molecule has 0 bridgehead atoms. The van der Waals surface area contributed by atoms with E-state index in [9.17, 15) is 0 Å². The Kier molecular flexibility index (Phi) is 7.99. The van der Waals surface area contributed by atoms with Crippen LogP contribution in [-0.4, -0.2) is 74.6 Å². The lowest BCUT2D eigenvalue weighted by atomic mass is 10.0. The molecule has 0 spiro atoms. The van der Waals surface area contributed by atoms with Crippen molar-refractivity contribution in [3.8, 4) is 28.4 Å². The first kappa shape index (κ1) is 30.1. The Morgan fingerprint density at radius 1 is 0.979 bits per heavy atom. The highest BCUT2D eigenvalue weighted by atomic mass is 32.1. The Morgan fingerprint density at radius 2 is 1.83 bits per heavy atom. The number of ether oxygens (including phenoxy) is 1. The van der Waals surface area contributed by atoms with E-state index in [1.807, 2.05) is 23.7 Å².